The maximum Gasteiger partial charge on any atom is 0.130 e. The zero-order chi connectivity index (χ0) is 16.0. The molecule has 0 fully saturated rings. The summed E-state index contributed by atoms with van der Waals surface area (Å²) < 4.78 is 5.97. The van der Waals surface area contributed by atoms with Gasteiger partial charge in [-0.1, -0.05) is 11.6 Å². The Balaban J connectivity index is 2.65. The molecule has 0 aliphatic heterocycles. The van der Waals surface area contributed by atoms with Crippen molar-refractivity contribution in [2.75, 3.05) is 7.11 Å². The van der Waals surface area contributed by atoms with Crippen molar-refractivity contribution in [2.45, 2.75) is 52.1 Å². The number of phenolic OH excluding ortho intramolecular Hbond substituents is 1. The smallest absolute Gasteiger partial charge is 0.130 e. The number of benzene rings is 1. The highest BCUT2D eigenvalue weighted by molar-refractivity contribution is 9.10. The molecule has 4 heteroatoms. The lowest BCUT2D eigenvalue weighted by Crippen LogP contribution is -2.17. The first-order chi connectivity index (χ1) is 9.73. The molecule has 118 valence electrons. The Morgan fingerprint density at radius 2 is 2.05 bits per heavy atom. The van der Waals surface area contributed by atoms with Crippen molar-refractivity contribution in [1.29, 1.82) is 0 Å². The third kappa shape index (κ3) is 6.53. The second-order valence-electron chi connectivity index (χ2n) is 6.04. The number of methoxy groups -OCH3 is 1. The van der Waals surface area contributed by atoms with Crippen LogP contribution in [0.2, 0.25) is 0 Å². The second-order valence-corrected chi connectivity index (χ2v) is 6.89. The summed E-state index contributed by atoms with van der Waals surface area (Å²) in [5.74, 6) is 0.985. The van der Waals surface area contributed by atoms with Crippen LogP contribution in [-0.4, -0.2) is 22.9 Å². The predicted molar refractivity (Wildman–Crippen MR) is 90.0 cm³/mol. The molecule has 0 bridgehead atoms. The third-order valence-corrected chi connectivity index (χ3v) is 4.02. The number of phenols is 1. The van der Waals surface area contributed by atoms with Gasteiger partial charge in [0.2, 0.25) is 0 Å². The van der Waals surface area contributed by atoms with Crippen LogP contribution in [0.5, 0.6) is 11.5 Å². The molecule has 0 saturated carbocycles. The fraction of sp³-hybridized carbons (Fsp3) is 0.529. The average Bonchev–Trinajstić information content (AvgIpc) is 2.38. The van der Waals surface area contributed by atoms with E-state index in [9.17, 15) is 10.2 Å². The highest BCUT2D eigenvalue weighted by Crippen LogP contribution is 2.32. The van der Waals surface area contributed by atoms with E-state index in [1.807, 2.05) is 13.8 Å². The van der Waals surface area contributed by atoms with E-state index in [0.29, 0.717) is 4.47 Å². The number of rotatable bonds is 7. The van der Waals surface area contributed by atoms with Crippen LogP contribution in [0.15, 0.2) is 28.3 Å². The van der Waals surface area contributed by atoms with E-state index in [2.05, 4.69) is 28.9 Å². The minimum atomic E-state index is -0.596. The van der Waals surface area contributed by atoms with Crippen molar-refractivity contribution >= 4 is 15.9 Å². The third-order valence-electron chi connectivity index (χ3n) is 3.38. The highest BCUT2D eigenvalue weighted by atomic mass is 79.9. The van der Waals surface area contributed by atoms with Crippen molar-refractivity contribution in [3.05, 3.63) is 33.8 Å². The van der Waals surface area contributed by atoms with E-state index in [4.69, 9.17) is 4.74 Å². The molecule has 1 rings (SSSR count). The van der Waals surface area contributed by atoms with Gasteiger partial charge in [-0.25, -0.2) is 0 Å². The van der Waals surface area contributed by atoms with Gasteiger partial charge in [-0.2, -0.15) is 0 Å². The summed E-state index contributed by atoms with van der Waals surface area (Å²) in [7, 11) is 1.63. The Hall–Kier alpha value is -1.00. The molecule has 0 unspecified atom stereocenters. The molecule has 1 aromatic rings. The van der Waals surface area contributed by atoms with Crippen molar-refractivity contribution in [3.63, 3.8) is 0 Å². The number of hydrogen-bond acceptors (Lipinski definition) is 3. The van der Waals surface area contributed by atoms with Gasteiger partial charge in [-0.15, -0.1) is 0 Å². The molecule has 0 heterocycles. The summed E-state index contributed by atoms with van der Waals surface area (Å²) in [5, 5.41) is 19.5. The summed E-state index contributed by atoms with van der Waals surface area (Å²) in [6, 6.07) is 3.51. The summed E-state index contributed by atoms with van der Waals surface area (Å²) in [6.07, 6.45) is 5.60. The van der Waals surface area contributed by atoms with Gasteiger partial charge in [0, 0.05) is 5.56 Å². The maximum absolute atomic E-state index is 9.77. The lowest BCUT2D eigenvalue weighted by Gasteiger charge is -2.16. The molecule has 1 aromatic carbocycles. The van der Waals surface area contributed by atoms with Gasteiger partial charge in [0.1, 0.15) is 11.5 Å². The van der Waals surface area contributed by atoms with Gasteiger partial charge in [-0.05, 0) is 74.5 Å². The van der Waals surface area contributed by atoms with Crippen LogP contribution in [0.3, 0.4) is 0 Å². The Bertz CT molecular complexity index is 501. The molecule has 0 spiro atoms. The Morgan fingerprint density at radius 1 is 1.38 bits per heavy atom. The Labute approximate surface area is 135 Å². The van der Waals surface area contributed by atoms with E-state index in [0.717, 1.165) is 37.0 Å². The van der Waals surface area contributed by atoms with Crippen molar-refractivity contribution in [3.8, 4) is 11.5 Å². The van der Waals surface area contributed by atoms with Crippen LogP contribution in [0.25, 0.3) is 0 Å². The van der Waals surface area contributed by atoms with Gasteiger partial charge >= 0.3 is 0 Å². The van der Waals surface area contributed by atoms with Crippen LogP contribution in [0.1, 0.15) is 45.6 Å². The minimum absolute atomic E-state index is 0.221. The number of ether oxygens (including phenoxy) is 1. The fourth-order valence-electron chi connectivity index (χ4n) is 2.12. The number of aromatic hydroxyl groups is 1. The van der Waals surface area contributed by atoms with Crippen molar-refractivity contribution in [2.24, 2.45) is 0 Å². The molecule has 0 atom stereocenters. The van der Waals surface area contributed by atoms with Gasteiger partial charge in [0.25, 0.3) is 0 Å². The summed E-state index contributed by atoms with van der Waals surface area (Å²) in [6.45, 7) is 5.76. The second kappa shape index (κ2) is 7.85. The Morgan fingerprint density at radius 3 is 2.62 bits per heavy atom. The van der Waals surface area contributed by atoms with E-state index >= 15 is 0 Å². The molecule has 2 N–H and O–H groups in total. The van der Waals surface area contributed by atoms with E-state index in [-0.39, 0.29) is 5.75 Å². The molecule has 3 nitrogen and oxygen atoms in total. The lowest BCUT2D eigenvalue weighted by atomic mass is 9.98. The van der Waals surface area contributed by atoms with Gasteiger partial charge < -0.3 is 14.9 Å². The first-order valence-corrected chi connectivity index (χ1v) is 7.95. The molecular weight excluding hydrogens is 332 g/mol. The van der Waals surface area contributed by atoms with E-state index in [1.165, 1.54) is 5.57 Å². The van der Waals surface area contributed by atoms with E-state index in [1.54, 1.807) is 19.2 Å². The lowest BCUT2D eigenvalue weighted by molar-refractivity contribution is 0.0689. The van der Waals surface area contributed by atoms with Crippen LogP contribution in [0.4, 0.5) is 0 Å². The van der Waals surface area contributed by atoms with Crippen LogP contribution >= 0.6 is 15.9 Å². The number of halogens is 1. The first kappa shape index (κ1) is 18.1. The highest BCUT2D eigenvalue weighted by Gasteiger charge is 2.11. The van der Waals surface area contributed by atoms with Gasteiger partial charge in [-0.3, -0.25) is 0 Å². The monoisotopic (exact) mass is 356 g/mol. The molecule has 21 heavy (non-hydrogen) atoms. The summed E-state index contributed by atoms with van der Waals surface area (Å²) in [4.78, 5) is 0. The van der Waals surface area contributed by atoms with Crippen molar-refractivity contribution in [1.82, 2.24) is 0 Å². The molecule has 0 aromatic heterocycles. The van der Waals surface area contributed by atoms with Crippen molar-refractivity contribution < 1.29 is 14.9 Å². The van der Waals surface area contributed by atoms with Crippen LogP contribution < -0.4 is 4.74 Å². The zero-order valence-electron chi connectivity index (χ0n) is 13.2. The first-order valence-electron chi connectivity index (χ1n) is 7.16. The molecule has 0 aliphatic rings. The standard InChI is InChI=1S/C17H25BrO3/c1-12(6-5-9-17(2,3)20)7-8-13-10-15(19)14(18)11-16(13)21-4/h7,10-11,19-20H,5-6,8-9H2,1-4H3/b12-7+. The SMILES string of the molecule is COc1cc(Br)c(O)cc1C/C=C(\C)CCCC(C)(C)O. The normalized spacial score (nSPS) is 12.6. The average molecular weight is 357 g/mol. The largest absolute Gasteiger partial charge is 0.507 e. The van der Waals surface area contributed by atoms with E-state index < -0.39 is 5.60 Å². The number of allylic oxidation sites excluding steroid dienone is 2. The minimum Gasteiger partial charge on any atom is -0.507 e. The number of hydrogen-bond donors (Lipinski definition) is 2. The topological polar surface area (TPSA) is 49.7 Å². The maximum atomic E-state index is 9.77. The molecular formula is C17H25BrO3. The van der Waals surface area contributed by atoms with Crippen LogP contribution in [-0.2, 0) is 6.42 Å². The molecule has 0 amide bonds. The zero-order valence-corrected chi connectivity index (χ0v) is 14.8. The summed E-state index contributed by atoms with van der Waals surface area (Å²) >= 11 is 3.28. The molecule has 0 saturated heterocycles. The Kier molecular flexibility index (Phi) is 6.75. The predicted octanol–water partition coefficient (Wildman–Crippen LogP) is 4.59. The van der Waals surface area contributed by atoms with Gasteiger partial charge in [0.05, 0.1) is 17.2 Å². The summed E-state index contributed by atoms with van der Waals surface area (Å²) in [5.41, 5.74) is 1.64. The fourth-order valence-corrected chi connectivity index (χ4v) is 2.44. The number of aliphatic hydroxyl groups is 1. The van der Waals surface area contributed by atoms with Crippen LogP contribution in [0, 0.1) is 0 Å². The molecule has 0 aliphatic carbocycles. The van der Waals surface area contributed by atoms with Gasteiger partial charge in [0.15, 0.2) is 0 Å². The quantitative estimate of drug-likeness (QED) is 0.702. The molecule has 0 radical (unpaired) electrons.